The molecule has 33 heavy (non-hydrogen) atoms. The van der Waals surface area contributed by atoms with Gasteiger partial charge in [0.1, 0.15) is 11.3 Å². The van der Waals surface area contributed by atoms with E-state index in [2.05, 4.69) is 9.98 Å². The Labute approximate surface area is 187 Å². The summed E-state index contributed by atoms with van der Waals surface area (Å²) in [5.74, 6) is 0.0386. The number of aromatic hydroxyl groups is 1. The van der Waals surface area contributed by atoms with Crippen molar-refractivity contribution in [2.75, 3.05) is 7.11 Å². The Morgan fingerprint density at radius 3 is 2.30 bits per heavy atom. The second-order valence-corrected chi connectivity index (χ2v) is 7.23. The number of hydrogen-bond donors (Lipinski definition) is 2. The van der Waals surface area contributed by atoms with E-state index >= 15 is 0 Å². The van der Waals surface area contributed by atoms with Gasteiger partial charge >= 0.3 is 11.4 Å². The lowest BCUT2D eigenvalue weighted by Crippen LogP contribution is -2.31. The summed E-state index contributed by atoms with van der Waals surface area (Å²) >= 11 is 0. The molecular weight excluding hydrogens is 426 g/mol. The van der Waals surface area contributed by atoms with Crippen LogP contribution in [0.5, 0.6) is 11.6 Å². The molecule has 0 atom stereocenters. The molecule has 0 aliphatic heterocycles. The van der Waals surface area contributed by atoms with E-state index in [1.807, 2.05) is 13.8 Å². The lowest BCUT2D eigenvalue weighted by Gasteiger charge is -2.10. The molecular formula is C23H23N5O5. The van der Waals surface area contributed by atoms with Gasteiger partial charge in [0.25, 0.3) is 5.56 Å². The predicted molar refractivity (Wildman–Crippen MR) is 126 cm³/mol. The van der Waals surface area contributed by atoms with Crippen LogP contribution in [0.1, 0.15) is 19.4 Å². The monoisotopic (exact) mass is 449 g/mol. The number of benzene rings is 2. The normalized spacial score (nSPS) is 11.5. The molecule has 0 bridgehead atoms. The molecule has 0 aliphatic rings. The molecule has 0 saturated carbocycles. The van der Waals surface area contributed by atoms with Gasteiger partial charge in [0.2, 0.25) is 5.88 Å². The zero-order valence-corrected chi connectivity index (χ0v) is 18.4. The highest BCUT2D eigenvalue weighted by molar-refractivity contribution is 5.86. The van der Waals surface area contributed by atoms with Crippen molar-refractivity contribution in [3.05, 3.63) is 79.4 Å². The summed E-state index contributed by atoms with van der Waals surface area (Å²) in [5.41, 5.74) is 0.514. The van der Waals surface area contributed by atoms with Gasteiger partial charge in [-0.15, -0.1) is 0 Å². The van der Waals surface area contributed by atoms with Crippen LogP contribution in [0.2, 0.25) is 0 Å². The highest BCUT2D eigenvalue weighted by atomic mass is 16.5. The van der Waals surface area contributed by atoms with Gasteiger partial charge in [0.05, 0.1) is 29.5 Å². The van der Waals surface area contributed by atoms with Crippen molar-refractivity contribution in [2.24, 2.45) is 4.99 Å². The van der Waals surface area contributed by atoms with Crippen LogP contribution < -0.4 is 21.7 Å². The Morgan fingerprint density at radius 2 is 1.67 bits per heavy atom. The SMILES string of the molecule is CCn1c(=O)n(CC)c2cc(N=Cc3c(O)n(-c4ccc(OC)cc4)c(=O)[nH]c3=O)ccc21. The number of imidazole rings is 1. The molecule has 0 unspecified atom stereocenters. The summed E-state index contributed by atoms with van der Waals surface area (Å²) in [6, 6.07) is 11.7. The molecule has 0 spiro atoms. The molecule has 2 aromatic heterocycles. The first-order chi connectivity index (χ1) is 15.9. The number of aromatic nitrogens is 4. The van der Waals surface area contributed by atoms with Gasteiger partial charge in [0.15, 0.2) is 0 Å². The molecule has 0 fully saturated rings. The summed E-state index contributed by atoms with van der Waals surface area (Å²) in [5, 5.41) is 10.7. The number of hydrogen-bond acceptors (Lipinski definition) is 6. The van der Waals surface area contributed by atoms with Crippen molar-refractivity contribution < 1.29 is 9.84 Å². The third-order valence-corrected chi connectivity index (χ3v) is 5.43. The van der Waals surface area contributed by atoms with Crippen LogP contribution in [0, 0.1) is 0 Å². The number of rotatable bonds is 6. The Hall–Kier alpha value is -4.34. The van der Waals surface area contributed by atoms with Gasteiger partial charge in [0, 0.05) is 19.3 Å². The van der Waals surface area contributed by atoms with E-state index in [0.29, 0.717) is 30.2 Å². The molecule has 2 aromatic carbocycles. The molecule has 2 heterocycles. The fraction of sp³-hybridized carbons (Fsp3) is 0.217. The van der Waals surface area contributed by atoms with Crippen LogP contribution in [0.25, 0.3) is 16.7 Å². The maximum absolute atomic E-state index is 12.5. The number of aromatic amines is 1. The molecule has 2 N–H and O–H groups in total. The summed E-state index contributed by atoms with van der Waals surface area (Å²) in [4.78, 5) is 43.8. The lowest BCUT2D eigenvalue weighted by atomic mass is 10.2. The molecule has 4 aromatic rings. The van der Waals surface area contributed by atoms with E-state index in [-0.39, 0.29) is 11.3 Å². The quantitative estimate of drug-likeness (QED) is 0.437. The smallest absolute Gasteiger partial charge is 0.335 e. The Bertz CT molecular complexity index is 1540. The fourth-order valence-electron chi connectivity index (χ4n) is 3.76. The van der Waals surface area contributed by atoms with Gasteiger partial charge in [-0.05, 0) is 56.3 Å². The van der Waals surface area contributed by atoms with Crippen molar-refractivity contribution in [1.29, 1.82) is 0 Å². The summed E-state index contributed by atoms with van der Waals surface area (Å²) < 4.78 is 9.40. The van der Waals surface area contributed by atoms with Crippen molar-refractivity contribution in [1.82, 2.24) is 18.7 Å². The zero-order valence-electron chi connectivity index (χ0n) is 18.4. The maximum atomic E-state index is 12.5. The van der Waals surface area contributed by atoms with Crippen molar-refractivity contribution in [3.63, 3.8) is 0 Å². The van der Waals surface area contributed by atoms with Crippen LogP contribution in [-0.2, 0) is 13.1 Å². The van der Waals surface area contributed by atoms with Crippen LogP contribution in [0.15, 0.2) is 61.8 Å². The number of nitrogens with one attached hydrogen (secondary N) is 1. The highest BCUT2D eigenvalue weighted by Crippen LogP contribution is 2.22. The van der Waals surface area contributed by atoms with Crippen LogP contribution in [0.4, 0.5) is 5.69 Å². The predicted octanol–water partition coefficient (Wildman–Crippen LogP) is 2.15. The number of fused-ring (bicyclic) bond motifs is 1. The molecule has 170 valence electrons. The van der Waals surface area contributed by atoms with Crippen LogP contribution >= 0.6 is 0 Å². The molecule has 10 nitrogen and oxygen atoms in total. The van der Waals surface area contributed by atoms with E-state index in [0.717, 1.165) is 15.6 Å². The van der Waals surface area contributed by atoms with E-state index in [1.165, 1.54) is 13.3 Å². The fourth-order valence-corrected chi connectivity index (χ4v) is 3.76. The van der Waals surface area contributed by atoms with Crippen LogP contribution in [-0.4, -0.2) is 37.1 Å². The standard InChI is InChI=1S/C23H23N5O5/c1-4-26-18-11-6-14(12-19(18)27(5-2)23(26)32)24-13-17-20(29)25-22(31)28(21(17)30)15-7-9-16(33-3)10-8-15/h6-13,30H,4-5H2,1-3H3,(H,25,29,31). The Morgan fingerprint density at radius 1 is 1.00 bits per heavy atom. The molecule has 10 heteroatoms. The number of methoxy groups -OCH3 is 1. The largest absolute Gasteiger partial charge is 0.497 e. The topological polar surface area (TPSA) is 124 Å². The molecule has 0 radical (unpaired) electrons. The molecule has 0 saturated heterocycles. The highest BCUT2D eigenvalue weighted by Gasteiger charge is 2.15. The van der Waals surface area contributed by atoms with Gasteiger partial charge in [-0.25, -0.2) is 14.2 Å². The number of aryl methyl sites for hydroxylation is 2. The number of aliphatic imine (C=N–C) groups is 1. The Kier molecular flexibility index (Phi) is 5.74. The maximum Gasteiger partial charge on any atom is 0.335 e. The summed E-state index contributed by atoms with van der Waals surface area (Å²) in [6.07, 6.45) is 1.19. The average Bonchev–Trinajstić information content (AvgIpc) is 3.08. The van der Waals surface area contributed by atoms with Crippen LogP contribution in [0.3, 0.4) is 0 Å². The van der Waals surface area contributed by atoms with Gasteiger partial charge < -0.3 is 9.84 Å². The number of nitrogens with zero attached hydrogens (tertiary/aromatic N) is 4. The lowest BCUT2D eigenvalue weighted by molar-refractivity contribution is 0.414. The minimum Gasteiger partial charge on any atom is -0.497 e. The first kappa shape index (κ1) is 21.9. The van der Waals surface area contributed by atoms with Crippen molar-refractivity contribution in [3.8, 4) is 17.3 Å². The van der Waals surface area contributed by atoms with E-state index in [4.69, 9.17) is 4.74 Å². The number of H-pyrrole nitrogens is 1. The Balaban J connectivity index is 1.80. The molecule has 0 amide bonds. The summed E-state index contributed by atoms with van der Waals surface area (Å²) in [7, 11) is 1.52. The summed E-state index contributed by atoms with van der Waals surface area (Å²) in [6.45, 7) is 4.83. The minimum absolute atomic E-state index is 0.100. The van der Waals surface area contributed by atoms with E-state index in [9.17, 15) is 19.5 Å². The van der Waals surface area contributed by atoms with Gasteiger partial charge in [-0.3, -0.25) is 23.9 Å². The van der Waals surface area contributed by atoms with Crippen molar-refractivity contribution in [2.45, 2.75) is 26.9 Å². The van der Waals surface area contributed by atoms with E-state index in [1.54, 1.807) is 51.6 Å². The third-order valence-electron chi connectivity index (χ3n) is 5.43. The first-order valence-electron chi connectivity index (χ1n) is 10.4. The molecule has 0 aliphatic carbocycles. The third kappa shape index (κ3) is 3.75. The zero-order chi connectivity index (χ0) is 23.7. The average molecular weight is 449 g/mol. The van der Waals surface area contributed by atoms with Crippen molar-refractivity contribution >= 4 is 22.9 Å². The second-order valence-electron chi connectivity index (χ2n) is 7.23. The van der Waals surface area contributed by atoms with E-state index < -0.39 is 17.1 Å². The number of ether oxygens (including phenoxy) is 1. The first-order valence-corrected chi connectivity index (χ1v) is 10.4. The van der Waals surface area contributed by atoms with Gasteiger partial charge in [-0.1, -0.05) is 0 Å². The van der Waals surface area contributed by atoms with Gasteiger partial charge in [-0.2, -0.15) is 0 Å². The second kappa shape index (κ2) is 8.65. The minimum atomic E-state index is -0.783. The molecule has 4 rings (SSSR count).